The Labute approximate surface area is 778 Å². The van der Waals surface area contributed by atoms with Crippen molar-refractivity contribution in [3.05, 3.63) is 0 Å². The van der Waals surface area contributed by atoms with E-state index in [0.29, 0.717) is 67.5 Å². The van der Waals surface area contributed by atoms with Crippen LogP contribution in [0.25, 0.3) is 0 Å². The van der Waals surface area contributed by atoms with Gasteiger partial charge in [0.2, 0.25) is 17.7 Å². The number of unbranched alkanes of at least 4 members (excludes halogenated alkanes) is 42. The maximum atomic E-state index is 12.5. The second kappa shape index (κ2) is 90.6. The van der Waals surface area contributed by atoms with Crippen LogP contribution in [0.1, 0.15) is 357 Å². The normalized spacial score (nSPS) is 11.8. The van der Waals surface area contributed by atoms with Gasteiger partial charge < -0.3 is 58.8 Å². The molecule has 0 radical (unpaired) electrons. The molecule has 121 heavy (non-hydrogen) atoms. The molecule has 0 aromatic heterocycles. The topological polar surface area (TPSA) is 175 Å². The molecular weight excluding hydrogens is 1620 g/mol. The monoisotopic (exact) mass is 1830 g/mol. The van der Waals surface area contributed by atoms with Crippen LogP contribution in [0, 0.1) is 0 Å². The summed E-state index contributed by atoms with van der Waals surface area (Å²) in [7, 11) is 45.3. The van der Waals surface area contributed by atoms with E-state index in [9.17, 15) is 28.8 Å². The Morgan fingerprint density at radius 3 is 0.554 bits per heavy atom. The number of carbonyl (C=O) groups is 6. The quantitative estimate of drug-likeness (QED) is 0.0194. The molecule has 0 saturated carbocycles. The first-order valence-electron chi connectivity index (χ1n) is 48.3. The molecule has 0 unspecified atom stereocenters. The van der Waals surface area contributed by atoms with Gasteiger partial charge in [-0.05, 0) is 83.5 Å². The van der Waals surface area contributed by atoms with Crippen LogP contribution in [0.15, 0.2) is 0 Å². The van der Waals surface area contributed by atoms with Gasteiger partial charge >= 0.3 is 0 Å². The molecule has 6 N–H and O–H groups in total. The Morgan fingerprint density at radius 2 is 0.355 bits per heavy atom. The number of nitrogens with zero attached hydrogens (tertiary/aromatic N) is 6. The number of hydrogen-bond acceptors (Lipinski definition) is 12. The Hall–Kier alpha value is -1.32. The van der Waals surface area contributed by atoms with E-state index in [1.54, 1.807) is 64.8 Å². The number of hydrogen-bond donors (Lipinski definition) is 6. The molecule has 0 rings (SSSR count). The van der Waals surface area contributed by atoms with Crippen molar-refractivity contribution >= 4 is 100 Å². The highest BCUT2D eigenvalue weighted by molar-refractivity contribution is 8.77. The maximum absolute atomic E-state index is 12.5. The van der Waals surface area contributed by atoms with Gasteiger partial charge in [-0.15, -0.1) is 0 Å². The lowest BCUT2D eigenvalue weighted by Gasteiger charge is -2.30. The fraction of sp³-hybridized carbons (Fsp3) is 0.938. The minimum absolute atomic E-state index is 0. The molecule has 0 saturated heterocycles. The first-order chi connectivity index (χ1) is 56.1. The summed E-state index contributed by atoms with van der Waals surface area (Å²) in [4.78, 5) is 71.9. The second-order valence-corrected chi connectivity index (χ2v) is 47.4. The fourth-order valence-electron chi connectivity index (χ4n) is 14.0. The zero-order valence-electron chi connectivity index (χ0n) is 81.1. The van der Waals surface area contributed by atoms with Gasteiger partial charge in [-0.25, -0.2) is 0 Å². The molecule has 0 aromatic rings. The summed E-state index contributed by atoms with van der Waals surface area (Å²) in [6.45, 7) is 16.6. The lowest BCUT2D eigenvalue weighted by molar-refractivity contribution is -0.890. The molecule has 18 nitrogen and oxygen atoms in total. The number of carbonyl (C=O) groups excluding carboxylic acids is 6. The van der Waals surface area contributed by atoms with Crippen molar-refractivity contribution in [2.24, 2.45) is 0 Å². The van der Waals surface area contributed by atoms with Gasteiger partial charge in [0.1, 0.15) is 0 Å². The van der Waals surface area contributed by atoms with Gasteiger partial charge in [0.05, 0.1) is 145 Å². The van der Waals surface area contributed by atoms with Crippen molar-refractivity contribution in [3.63, 3.8) is 0 Å². The van der Waals surface area contributed by atoms with E-state index in [2.05, 4.69) is 116 Å². The van der Waals surface area contributed by atoms with Gasteiger partial charge in [0.15, 0.2) is 19.6 Å². The highest BCUT2D eigenvalue weighted by Crippen LogP contribution is 2.23. The Bertz CT molecular complexity index is 2290. The zero-order chi connectivity index (χ0) is 88.4. The van der Waals surface area contributed by atoms with Crippen LogP contribution in [0.3, 0.4) is 0 Å². The average molecular weight is 1840 g/mol. The van der Waals surface area contributed by atoms with Crippen LogP contribution >= 0.6 is 64.8 Å². The van der Waals surface area contributed by atoms with Crippen molar-refractivity contribution < 1.29 is 55.7 Å². The van der Waals surface area contributed by atoms with E-state index >= 15 is 0 Å². The highest BCUT2D eigenvalue weighted by Gasteiger charge is 2.21. The maximum Gasteiger partial charge on any atom is 0.275 e. The summed E-state index contributed by atoms with van der Waals surface area (Å²) in [5, 5.41) is 18.1. The molecule has 0 atom stereocenters. The van der Waals surface area contributed by atoms with Crippen molar-refractivity contribution in [1.29, 1.82) is 0 Å². The van der Waals surface area contributed by atoms with Crippen LogP contribution in [0.5, 0.6) is 0 Å². The van der Waals surface area contributed by atoms with E-state index < -0.39 is 0 Å². The van der Waals surface area contributed by atoms with Crippen molar-refractivity contribution in [2.45, 2.75) is 357 Å². The minimum atomic E-state index is 0. The zero-order valence-corrected chi connectivity index (χ0v) is 86.0. The first kappa shape index (κ1) is 130. The molecule has 24 heteroatoms. The molecule has 0 aliphatic heterocycles. The van der Waals surface area contributed by atoms with Crippen molar-refractivity contribution in [3.8, 4) is 0 Å². The van der Waals surface area contributed by atoms with Crippen LogP contribution in [0.4, 0.5) is 0 Å². The van der Waals surface area contributed by atoms with Gasteiger partial charge in [-0.1, -0.05) is 319 Å². The molecule has 0 fully saturated rings. The van der Waals surface area contributed by atoms with Crippen LogP contribution < -0.4 is 31.9 Å². The molecule has 726 valence electrons. The van der Waals surface area contributed by atoms with Crippen LogP contribution in [-0.4, -0.2) is 301 Å². The predicted octanol–water partition coefficient (Wildman–Crippen LogP) is 22.2. The predicted molar refractivity (Wildman–Crippen MR) is 550 cm³/mol. The van der Waals surface area contributed by atoms with Crippen molar-refractivity contribution in [2.75, 3.05) is 239 Å². The van der Waals surface area contributed by atoms with E-state index in [1.165, 1.54) is 300 Å². The lowest BCUT2D eigenvalue weighted by Crippen LogP contribution is -2.48. The third kappa shape index (κ3) is 117. The number of amides is 6. The number of rotatable bonds is 85. The van der Waals surface area contributed by atoms with E-state index in [0.717, 1.165) is 106 Å². The third-order valence-corrected chi connectivity index (χ3v) is 28.2. The number of likely N-dealkylation sites (N-methyl/N-ethyl adjacent to an activating group) is 3. The van der Waals surface area contributed by atoms with Gasteiger partial charge in [0.25, 0.3) is 17.7 Å². The average Bonchev–Trinajstić information content (AvgIpc) is 0.923. The Balaban J connectivity index is -0.000000439. The Kier molecular flexibility index (Phi) is 97.7. The first-order valence-corrected chi connectivity index (χ1v) is 55.8. The lowest BCUT2D eigenvalue weighted by atomic mass is 10.0. The van der Waals surface area contributed by atoms with E-state index in [4.69, 9.17) is 0 Å². The highest BCUT2D eigenvalue weighted by atomic mass is 33.1. The molecule has 0 aliphatic rings. The molecule has 0 spiro atoms. The summed E-state index contributed by atoms with van der Waals surface area (Å²) in [6, 6.07) is 0. The SMILES string of the molecule is C.C.C.CCCCCCCCCCCCCC[N+](C)(C)CCCCCCCCCCC(=O)NCCSSCCNC(=O)C[N+](C)(C)CCCCCCCCCCCCCC.C[N+](C)(C)CCCCCCCCCC(=O)NCCSSCCNC(=O)C[N+](C)(C)C.C[N+](C)(C)CCCCCCCCCCC(=O)NCCSSCCNC(=O)C[N+](C)(C)C. The van der Waals surface area contributed by atoms with Gasteiger partial charge in [0, 0.05) is 93.0 Å². The van der Waals surface area contributed by atoms with E-state index in [1.807, 2.05) is 42.3 Å². The molecule has 0 heterocycles. The summed E-state index contributed by atoms with van der Waals surface area (Å²) < 4.78 is 5.37. The summed E-state index contributed by atoms with van der Waals surface area (Å²) in [5.41, 5.74) is 0. The molecule has 0 aromatic carbocycles. The molecule has 0 aliphatic carbocycles. The molecule has 6 amide bonds. The summed E-state index contributed by atoms with van der Waals surface area (Å²) >= 11 is 0. The number of quaternary nitrogens is 6. The van der Waals surface area contributed by atoms with Crippen LogP contribution in [0.2, 0.25) is 0 Å². The molecule has 0 bridgehead atoms. The second-order valence-electron chi connectivity index (χ2n) is 39.3. The summed E-state index contributed by atoms with van der Waals surface area (Å²) in [5.74, 6) is 6.28. The standard InChI is InChI=1S/C49H100N4O2S2.C23H48N4O2S2.C22H46N4O2S2.3CH4/c1-7-9-11-13-15-17-19-21-24-28-32-36-42-52(3,4)43-37-33-29-26-23-27-31-35-39-48(54)50-40-45-56-57-46-41-51-49(55)47-53(5,6)44-38-34-30-25-22-20-18-16-14-12-10-8-2;1-26(2,3)18-14-12-10-8-7-9-11-13-15-22(28)24-16-19-30-31-20-17-25-23(29)21-27(4,5)6;1-25(2,3)17-13-11-9-7-8-10-12-14-21(27)23-15-18-29-30-19-16-24-22(28)20-26(4,5)6;;;/h7-47H2,1-6H3;7-21H2,1-6H3;7-20H2,1-6H3;3*1H4/p+6. The smallest absolute Gasteiger partial charge is 0.275 e. The molecular formula is C97H212N12O6S6+6. The van der Waals surface area contributed by atoms with Crippen LogP contribution in [-0.2, 0) is 28.8 Å². The third-order valence-electron chi connectivity index (χ3n) is 21.0. The van der Waals surface area contributed by atoms with Crippen molar-refractivity contribution in [1.82, 2.24) is 31.9 Å². The minimum Gasteiger partial charge on any atom is -0.355 e. The number of nitrogens with one attached hydrogen (secondary N) is 6. The fourth-order valence-corrected chi connectivity index (χ4v) is 19.4. The van der Waals surface area contributed by atoms with E-state index in [-0.39, 0.29) is 57.7 Å². The Morgan fingerprint density at radius 1 is 0.190 bits per heavy atom. The van der Waals surface area contributed by atoms with Gasteiger partial charge in [-0.3, -0.25) is 28.8 Å². The summed E-state index contributed by atoms with van der Waals surface area (Å²) in [6.07, 6.45) is 64.4. The largest absolute Gasteiger partial charge is 0.355 e. The van der Waals surface area contributed by atoms with Gasteiger partial charge in [-0.2, -0.15) is 0 Å².